The van der Waals surface area contributed by atoms with E-state index in [0.717, 1.165) is 13.1 Å². The number of morpholine rings is 1. The number of carbonyl (C=O) groups is 1. The lowest BCUT2D eigenvalue weighted by atomic mass is 10.1. The fraction of sp³-hybridized carbons (Fsp3) is 0.875. The van der Waals surface area contributed by atoms with Gasteiger partial charge in [0, 0.05) is 13.1 Å². The quantitative estimate of drug-likeness (QED) is 0.467. The molecular formula is C8H16N2O3. The Morgan fingerprint density at radius 3 is 2.69 bits per heavy atom. The van der Waals surface area contributed by atoms with Crippen molar-refractivity contribution in [3.8, 4) is 0 Å². The summed E-state index contributed by atoms with van der Waals surface area (Å²) in [4.78, 5) is 13.2. The maximum atomic E-state index is 11.2. The van der Waals surface area contributed by atoms with E-state index in [-0.39, 0.29) is 11.9 Å². The van der Waals surface area contributed by atoms with Crippen LogP contribution in [0.25, 0.3) is 0 Å². The minimum absolute atomic E-state index is 0.228. The van der Waals surface area contributed by atoms with Gasteiger partial charge in [-0.15, -0.1) is 0 Å². The van der Waals surface area contributed by atoms with Crippen LogP contribution in [0.1, 0.15) is 13.3 Å². The van der Waals surface area contributed by atoms with Gasteiger partial charge in [0.1, 0.15) is 0 Å². The minimum Gasteiger partial charge on any atom is -0.379 e. The molecule has 0 aromatic carbocycles. The molecule has 0 aliphatic carbocycles. The van der Waals surface area contributed by atoms with Crippen molar-refractivity contribution < 1.29 is 14.7 Å². The van der Waals surface area contributed by atoms with Gasteiger partial charge in [0.2, 0.25) is 0 Å². The molecular weight excluding hydrogens is 172 g/mol. The summed E-state index contributed by atoms with van der Waals surface area (Å²) in [5, 5.41) is 8.51. The van der Waals surface area contributed by atoms with Crippen LogP contribution in [-0.2, 0) is 9.53 Å². The average Bonchev–Trinajstić information content (AvgIpc) is 2.20. The smallest absolute Gasteiger partial charge is 0.260 e. The van der Waals surface area contributed by atoms with E-state index in [1.54, 1.807) is 5.48 Å². The predicted molar refractivity (Wildman–Crippen MR) is 46.4 cm³/mol. The van der Waals surface area contributed by atoms with Crippen LogP contribution in [-0.4, -0.2) is 48.4 Å². The zero-order valence-corrected chi connectivity index (χ0v) is 7.82. The number of amides is 1. The summed E-state index contributed by atoms with van der Waals surface area (Å²) < 4.78 is 5.17. The predicted octanol–water partition coefficient (Wildman–Crippen LogP) is -0.397. The van der Waals surface area contributed by atoms with Crippen molar-refractivity contribution in [2.24, 2.45) is 0 Å². The molecule has 1 amide bonds. The first-order chi connectivity index (χ1) is 6.29. The summed E-state index contributed by atoms with van der Waals surface area (Å²) in [5.41, 5.74) is 1.69. The monoisotopic (exact) mass is 188 g/mol. The number of ether oxygens (including phenoxy) is 1. The Bertz CT molecular complexity index is 169. The van der Waals surface area contributed by atoms with Gasteiger partial charge >= 0.3 is 0 Å². The number of rotatable bonds is 3. The lowest BCUT2D eigenvalue weighted by Gasteiger charge is -2.32. The Morgan fingerprint density at radius 2 is 2.23 bits per heavy atom. The van der Waals surface area contributed by atoms with Gasteiger partial charge in [-0.05, 0) is 6.42 Å². The average molecular weight is 188 g/mol. The molecule has 0 radical (unpaired) electrons. The minimum atomic E-state index is -0.329. The van der Waals surface area contributed by atoms with E-state index in [2.05, 4.69) is 0 Å². The first kappa shape index (κ1) is 10.4. The molecule has 1 fully saturated rings. The van der Waals surface area contributed by atoms with Crippen LogP contribution in [0, 0.1) is 0 Å². The topological polar surface area (TPSA) is 61.8 Å². The van der Waals surface area contributed by atoms with Crippen LogP contribution in [0.5, 0.6) is 0 Å². The molecule has 0 aromatic rings. The van der Waals surface area contributed by atoms with Gasteiger partial charge in [0.05, 0.1) is 19.3 Å². The summed E-state index contributed by atoms with van der Waals surface area (Å²) in [6, 6.07) is -0.228. The number of nitrogens with zero attached hydrogens (tertiary/aromatic N) is 1. The maximum absolute atomic E-state index is 11.2. The van der Waals surface area contributed by atoms with E-state index >= 15 is 0 Å². The molecule has 1 aliphatic heterocycles. The van der Waals surface area contributed by atoms with Crippen LogP contribution >= 0.6 is 0 Å². The van der Waals surface area contributed by atoms with Gasteiger partial charge in [-0.25, -0.2) is 5.48 Å². The van der Waals surface area contributed by atoms with Gasteiger partial charge in [-0.1, -0.05) is 6.92 Å². The third-order valence-corrected chi connectivity index (χ3v) is 2.29. The Balaban J connectivity index is 2.48. The van der Waals surface area contributed by atoms with Crippen LogP contribution in [0.15, 0.2) is 0 Å². The molecule has 13 heavy (non-hydrogen) atoms. The van der Waals surface area contributed by atoms with Gasteiger partial charge in [-0.2, -0.15) is 0 Å². The second-order valence-electron chi connectivity index (χ2n) is 3.05. The molecule has 0 spiro atoms. The molecule has 1 aliphatic rings. The molecule has 1 saturated heterocycles. The van der Waals surface area contributed by atoms with Crippen molar-refractivity contribution in [2.75, 3.05) is 26.3 Å². The lowest BCUT2D eigenvalue weighted by Crippen LogP contribution is -2.50. The number of hydrogen-bond donors (Lipinski definition) is 2. The Morgan fingerprint density at radius 1 is 1.62 bits per heavy atom. The molecule has 0 saturated carbocycles. The molecule has 1 atom stereocenters. The lowest BCUT2D eigenvalue weighted by molar-refractivity contribution is -0.136. The second-order valence-corrected chi connectivity index (χ2v) is 3.05. The largest absolute Gasteiger partial charge is 0.379 e. The molecule has 1 heterocycles. The standard InChI is InChI=1S/C8H16N2O3/c1-2-7(8(11)9-12)10-3-5-13-6-4-10/h7,12H,2-6H2,1H3,(H,9,11). The number of hydroxylamine groups is 1. The Kier molecular flexibility index (Phi) is 4.14. The third kappa shape index (κ3) is 2.65. The van der Waals surface area contributed by atoms with Gasteiger partial charge < -0.3 is 4.74 Å². The van der Waals surface area contributed by atoms with Crippen LogP contribution in [0.2, 0.25) is 0 Å². The van der Waals surface area contributed by atoms with Gasteiger partial charge in [-0.3, -0.25) is 14.9 Å². The molecule has 5 nitrogen and oxygen atoms in total. The SMILES string of the molecule is CCC(C(=O)NO)N1CCOCC1. The van der Waals surface area contributed by atoms with Gasteiger partial charge in [0.15, 0.2) is 0 Å². The van der Waals surface area contributed by atoms with Crippen LogP contribution < -0.4 is 5.48 Å². The highest BCUT2D eigenvalue weighted by atomic mass is 16.5. The Hall–Kier alpha value is -0.650. The summed E-state index contributed by atoms with van der Waals surface area (Å²) in [5.74, 6) is -0.329. The highest BCUT2D eigenvalue weighted by Gasteiger charge is 2.25. The van der Waals surface area contributed by atoms with E-state index in [1.165, 1.54) is 0 Å². The van der Waals surface area contributed by atoms with Crippen LogP contribution in [0.3, 0.4) is 0 Å². The fourth-order valence-electron chi connectivity index (χ4n) is 1.57. The van der Waals surface area contributed by atoms with E-state index in [0.29, 0.717) is 19.6 Å². The molecule has 1 unspecified atom stereocenters. The van der Waals surface area contributed by atoms with E-state index in [1.807, 2.05) is 11.8 Å². The first-order valence-electron chi connectivity index (χ1n) is 4.55. The molecule has 1 rings (SSSR count). The second kappa shape index (κ2) is 5.16. The van der Waals surface area contributed by atoms with Crippen LogP contribution in [0.4, 0.5) is 0 Å². The highest BCUT2D eigenvalue weighted by Crippen LogP contribution is 2.07. The zero-order valence-electron chi connectivity index (χ0n) is 7.82. The summed E-state index contributed by atoms with van der Waals surface area (Å²) in [6.07, 6.45) is 0.701. The molecule has 5 heteroatoms. The van der Waals surface area contributed by atoms with E-state index in [9.17, 15) is 4.79 Å². The van der Waals surface area contributed by atoms with Crippen molar-refractivity contribution in [3.05, 3.63) is 0 Å². The first-order valence-corrected chi connectivity index (χ1v) is 4.55. The summed E-state index contributed by atoms with van der Waals surface area (Å²) >= 11 is 0. The number of hydrogen-bond acceptors (Lipinski definition) is 4. The number of nitrogens with one attached hydrogen (secondary N) is 1. The van der Waals surface area contributed by atoms with Crippen molar-refractivity contribution in [1.82, 2.24) is 10.4 Å². The highest BCUT2D eigenvalue weighted by molar-refractivity contribution is 5.80. The van der Waals surface area contributed by atoms with Gasteiger partial charge in [0.25, 0.3) is 5.91 Å². The molecule has 0 aromatic heterocycles. The van der Waals surface area contributed by atoms with E-state index < -0.39 is 0 Å². The molecule has 0 bridgehead atoms. The van der Waals surface area contributed by atoms with Crippen molar-refractivity contribution in [2.45, 2.75) is 19.4 Å². The fourth-order valence-corrected chi connectivity index (χ4v) is 1.57. The molecule has 76 valence electrons. The van der Waals surface area contributed by atoms with Crippen molar-refractivity contribution in [1.29, 1.82) is 0 Å². The zero-order chi connectivity index (χ0) is 9.68. The Labute approximate surface area is 77.6 Å². The van der Waals surface area contributed by atoms with Crippen molar-refractivity contribution >= 4 is 5.91 Å². The normalized spacial score (nSPS) is 21.1. The molecule has 2 N–H and O–H groups in total. The van der Waals surface area contributed by atoms with Crippen molar-refractivity contribution in [3.63, 3.8) is 0 Å². The third-order valence-electron chi connectivity index (χ3n) is 2.29. The van der Waals surface area contributed by atoms with E-state index in [4.69, 9.17) is 9.94 Å². The maximum Gasteiger partial charge on any atom is 0.260 e. The summed E-state index contributed by atoms with van der Waals surface area (Å²) in [6.45, 7) is 4.76. The summed E-state index contributed by atoms with van der Waals surface area (Å²) in [7, 11) is 0. The number of carbonyl (C=O) groups excluding carboxylic acids is 1.